The van der Waals surface area contributed by atoms with E-state index in [4.69, 9.17) is 9.97 Å². The fourth-order valence-electron chi connectivity index (χ4n) is 3.44. The monoisotopic (exact) mass is 380 g/mol. The lowest BCUT2D eigenvalue weighted by atomic mass is 9.99. The van der Waals surface area contributed by atoms with Crippen molar-refractivity contribution in [3.63, 3.8) is 0 Å². The van der Waals surface area contributed by atoms with Gasteiger partial charge in [-0.1, -0.05) is 22.7 Å². The molecule has 1 N–H and O–H groups in total. The molecule has 0 amide bonds. The third-order valence-electron chi connectivity index (χ3n) is 4.72. The minimum absolute atomic E-state index is 0.557. The predicted molar refractivity (Wildman–Crippen MR) is 104 cm³/mol. The van der Waals surface area contributed by atoms with Crippen LogP contribution in [0.2, 0.25) is 0 Å². The highest BCUT2D eigenvalue weighted by molar-refractivity contribution is 7.28. The highest BCUT2D eigenvalue weighted by atomic mass is 32.1. The predicted octanol–water partition coefficient (Wildman–Crippen LogP) is 3.71. The molecule has 4 aromatic rings. The lowest BCUT2D eigenvalue weighted by Crippen LogP contribution is -2.26. The summed E-state index contributed by atoms with van der Waals surface area (Å²) in [5.41, 5.74) is 3.09. The number of rotatable bonds is 2. The van der Waals surface area contributed by atoms with E-state index in [1.165, 1.54) is 5.01 Å². The van der Waals surface area contributed by atoms with Crippen LogP contribution >= 0.6 is 22.7 Å². The second-order valence-corrected chi connectivity index (χ2v) is 8.56. The van der Waals surface area contributed by atoms with E-state index in [0.717, 1.165) is 51.9 Å². The van der Waals surface area contributed by atoms with Gasteiger partial charge in [-0.05, 0) is 38.9 Å². The molecule has 26 heavy (non-hydrogen) atoms. The minimum Gasteiger partial charge on any atom is -0.317 e. The molecule has 0 atom stereocenters. The largest absolute Gasteiger partial charge is 0.317 e. The number of nitrogens with zero attached hydrogens (tertiary/aromatic N) is 5. The second kappa shape index (κ2) is 6.13. The van der Waals surface area contributed by atoms with Gasteiger partial charge in [0.05, 0.1) is 16.3 Å². The van der Waals surface area contributed by atoms with Gasteiger partial charge < -0.3 is 9.72 Å². The highest BCUT2D eigenvalue weighted by Crippen LogP contribution is 2.37. The number of aromatic nitrogens is 4. The van der Waals surface area contributed by atoms with Gasteiger partial charge in [-0.15, -0.1) is 0 Å². The number of thiazole rings is 2. The molecular formula is C18H16N6S2. The van der Waals surface area contributed by atoms with E-state index in [2.05, 4.69) is 16.4 Å². The molecule has 4 aromatic heterocycles. The number of imidazole rings is 1. The minimum atomic E-state index is 0.557. The van der Waals surface area contributed by atoms with Crippen LogP contribution in [-0.2, 0) is 0 Å². The Morgan fingerprint density at radius 2 is 1.96 bits per heavy atom. The normalized spacial score (nSPS) is 15.7. The molecule has 0 aromatic carbocycles. The maximum atomic E-state index is 9.46. The Labute approximate surface area is 158 Å². The second-order valence-electron chi connectivity index (χ2n) is 6.57. The zero-order chi connectivity index (χ0) is 17.7. The van der Waals surface area contributed by atoms with Crippen LogP contribution in [0.5, 0.6) is 0 Å². The van der Waals surface area contributed by atoms with Crippen LogP contribution in [0.25, 0.3) is 25.9 Å². The Hall–Kier alpha value is -2.34. The van der Waals surface area contributed by atoms with Gasteiger partial charge in [0.15, 0.2) is 15.3 Å². The average molecular weight is 381 g/mol. The third-order valence-corrected chi connectivity index (χ3v) is 6.96. The van der Waals surface area contributed by atoms with Gasteiger partial charge >= 0.3 is 0 Å². The molecule has 0 unspecified atom stereocenters. The molecule has 8 heteroatoms. The number of fused-ring (bicyclic) bond motifs is 2. The van der Waals surface area contributed by atoms with E-state index in [1.807, 2.05) is 29.8 Å². The van der Waals surface area contributed by atoms with Crippen molar-refractivity contribution in [2.45, 2.75) is 25.7 Å². The highest BCUT2D eigenvalue weighted by Gasteiger charge is 2.21. The first-order valence-electron chi connectivity index (χ1n) is 8.59. The number of hydrogen-bond donors (Lipinski definition) is 1. The molecule has 1 fully saturated rings. The van der Waals surface area contributed by atoms with Gasteiger partial charge in [0, 0.05) is 23.9 Å². The van der Waals surface area contributed by atoms with Crippen molar-refractivity contribution >= 4 is 38.0 Å². The van der Waals surface area contributed by atoms with Crippen molar-refractivity contribution in [2.75, 3.05) is 13.1 Å². The molecule has 0 radical (unpaired) electrons. The summed E-state index contributed by atoms with van der Waals surface area (Å²) in [4.78, 5) is 16.1. The van der Waals surface area contributed by atoms with Gasteiger partial charge in [-0.2, -0.15) is 5.26 Å². The maximum absolute atomic E-state index is 9.46. The van der Waals surface area contributed by atoms with Crippen molar-refractivity contribution in [3.05, 3.63) is 34.7 Å². The van der Waals surface area contributed by atoms with Crippen LogP contribution in [0.1, 0.15) is 35.0 Å². The first-order chi connectivity index (χ1) is 12.7. The van der Waals surface area contributed by atoms with Crippen molar-refractivity contribution in [3.8, 4) is 16.6 Å². The number of pyridine rings is 1. The standard InChI is InChI=1S/C18H16N6S2/c1-10-8-24-9-13(6-12(7-19)14(24)21-10)16-23-18-17(26-16)22-15(25-18)11-2-4-20-5-3-11/h6,8-9,11,20H,2-5H2,1H3. The van der Waals surface area contributed by atoms with Crippen LogP contribution in [0.4, 0.5) is 0 Å². The van der Waals surface area contributed by atoms with E-state index in [9.17, 15) is 5.26 Å². The molecular weight excluding hydrogens is 364 g/mol. The Balaban J connectivity index is 1.55. The van der Waals surface area contributed by atoms with E-state index in [0.29, 0.717) is 17.1 Å². The molecule has 130 valence electrons. The summed E-state index contributed by atoms with van der Waals surface area (Å²) in [6, 6.07) is 4.12. The zero-order valence-electron chi connectivity index (χ0n) is 14.2. The van der Waals surface area contributed by atoms with E-state index >= 15 is 0 Å². The smallest absolute Gasteiger partial charge is 0.155 e. The summed E-state index contributed by atoms with van der Waals surface area (Å²) in [6.07, 6.45) is 6.22. The third kappa shape index (κ3) is 2.60. The summed E-state index contributed by atoms with van der Waals surface area (Å²) in [5, 5.41) is 15.0. The zero-order valence-corrected chi connectivity index (χ0v) is 15.8. The summed E-state index contributed by atoms with van der Waals surface area (Å²) in [6.45, 7) is 4.06. The molecule has 1 saturated heterocycles. The van der Waals surface area contributed by atoms with Crippen molar-refractivity contribution in [1.82, 2.24) is 24.7 Å². The quantitative estimate of drug-likeness (QED) is 0.573. The van der Waals surface area contributed by atoms with Crippen molar-refractivity contribution in [1.29, 1.82) is 5.26 Å². The Morgan fingerprint density at radius 1 is 1.15 bits per heavy atom. The fourth-order valence-corrected chi connectivity index (χ4v) is 5.64. The van der Waals surface area contributed by atoms with Crippen molar-refractivity contribution < 1.29 is 0 Å². The molecule has 0 bridgehead atoms. The van der Waals surface area contributed by atoms with Gasteiger partial charge in [0.2, 0.25) is 0 Å². The lowest BCUT2D eigenvalue weighted by molar-refractivity contribution is 0.459. The number of hydrogen-bond acceptors (Lipinski definition) is 7. The number of aryl methyl sites for hydroxylation is 1. The van der Waals surface area contributed by atoms with Crippen LogP contribution in [0.15, 0.2) is 18.5 Å². The molecule has 0 spiro atoms. The van der Waals surface area contributed by atoms with Crippen LogP contribution in [0.3, 0.4) is 0 Å². The van der Waals surface area contributed by atoms with Gasteiger partial charge in [0.25, 0.3) is 0 Å². The number of piperidine rings is 1. The first-order valence-corrected chi connectivity index (χ1v) is 10.2. The Bertz CT molecular complexity index is 1120. The molecule has 5 rings (SSSR count). The molecule has 5 heterocycles. The maximum Gasteiger partial charge on any atom is 0.155 e. The van der Waals surface area contributed by atoms with Crippen LogP contribution < -0.4 is 5.32 Å². The summed E-state index contributed by atoms with van der Waals surface area (Å²) >= 11 is 3.31. The molecule has 1 aliphatic heterocycles. The fraction of sp³-hybridized carbons (Fsp3) is 0.333. The SMILES string of the molecule is Cc1cn2cc(-c3nc4sc(C5CCNCC5)nc4s3)cc(C#N)c2n1. The van der Waals surface area contributed by atoms with Crippen LogP contribution in [0, 0.1) is 18.3 Å². The van der Waals surface area contributed by atoms with E-state index < -0.39 is 0 Å². The van der Waals surface area contributed by atoms with Crippen LogP contribution in [-0.4, -0.2) is 32.4 Å². The summed E-state index contributed by atoms with van der Waals surface area (Å²) in [5.74, 6) is 0.557. The molecule has 6 nitrogen and oxygen atoms in total. The van der Waals surface area contributed by atoms with Crippen molar-refractivity contribution in [2.24, 2.45) is 0 Å². The Kier molecular flexibility index (Phi) is 3.74. The summed E-state index contributed by atoms with van der Waals surface area (Å²) in [7, 11) is 0. The first kappa shape index (κ1) is 15.9. The Morgan fingerprint density at radius 3 is 2.73 bits per heavy atom. The lowest BCUT2D eigenvalue weighted by Gasteiger charge is -2.20. The van der Waals surface area contributed by atoms with E-state index in [-0.39, 0.29) is 0 Å². The van der Waals surface area contributed by atoms with Gasteiger partial charge in [-0.25, -0.2) is 15.0 Å². The summed E-state index contributed by atoms with van der Waals surface area (Å²) < 4.78 is 1.91. The van der Waals surface area contributed by atoms with Gasteiger partial charge in [-0.3, -0.25) is 0 Å². The van der Waals surface area contributed by atoms with Gasteiger partial charge in [0.1, 0.15) is 11.1 Å². The molecule has 1 aliphatic rings. The average Bonchev–Trinajstić information content (AvgIpc) is 3.33. The topological polar surface area (TPSA) is 78.9 Å². The number of nitriles is 1. The van der Waals surface area contributed by atoms with E-state index in [1.54, 1.807) is 22.7 Å². The number of nitrogens with one attached hydrogen (secondary N) is 1. The molecule has 0 aliphatic carbocycles. The molecule has 0 saturated carbocycles.